The Morgan fingerprint density at radius 2 is 2.03 bits per heavy atom. The van der Waals surface area contributed by atoms with Crippen molar-refractivity contribution < 1.29 is 19.1 Å². The van der Waals surface area contributed by atoms with Crippen LogP contribution < -0.4 is 20.4 Å². The zero-order chi connectivity index (χ0) is 22.7. The third-order valence-electron chi connectivity index (χ3n) is 5.50. The maximum absolute atomic E-state index is 14.5. The van der Waals surface area contributed by atoms with E-state index in [1.165, 1.54) is 6.07 Å². The lowest BCUT2D eigenvalue weighted by Crippen LogP contribution is -2.43. The number of halogens is 1. The van der Waals surface area contributed by atoms with Gasteiger partial charge >= 0.3 is 6.03 Å². The molecule has 0 unspecified atom stereocenters. The first-order chi connectivity index (χ1) is 15.5. The number of nitrogens with zero attached hydrogens (tertiary/aromatic N) is 5. The van der Waals surface area contributed by atoms with Crippen LogP contribution in [0.5, 0.6) is 0 Å². The van der Waals surface area contributed by atoms with Gasteiger partial charge in [-0.25, -0.2) is 14.2 Å². The molecule has 11 heteroatoms. The smallest absolute Gasteiger partial charge is 0.327 e. The molecule has 1 saturated heterocycles. The molecule has 168 valence electrons. The van der Waals surface area contributed by atoms with Gasteiger partial charge in [0.25, 0.3) is 6.47 Å². The summed E-state index contributed by atoms with van der Waals surface area (Å²) < 4.78 is 16.1. The van der Waals surface area contributed by atoms with Gasteiger partial charge in [-0.3, -0.25) is 14.4 Å². The molecule has 0 spiro atoms. The van der Waals surface area contributed by atoms with Gasteiger partial charge in [-0.1, -0.05) is 0 Å². The van der Waals surface area contributed by atoms with Crippen molar-refractivity contribution in [2.45, 2.75) is 6.42 Å². The summed E-state index contributed by atoms with van der Waals surface area (Å²) in [7, 11) is 1.78. The van der Waals surface area contributed by atoms with E-state index in [-0.39, 0.29) is 18.2 Å². The number of aromatic nitrogens is 3. The number of anilines is 3. The predicted molar refractivity (Wildman–Crippen MR) is 119 cm³/mol. The average Bonchev–Trinajstić information content (AvgIpc) is 3.37. The van der Waals surface area contributed by atoms with Gasteiger partial charge in [0, 0.05) is 74.9 Å². The molecule has 3 aromatic rings. The summed E-state index contributed by atoms with van der Waals surface area (Å²) >= 11 is 0. The molecule has 0 aliphatic carbocycles. The molecular formula is C21H24FN7O3. The Balaban J connectivity index is 0.000000775. The van der Waals surface area contributed by atoms with Crippen molar-refractivity contribution in [2.75, 3.05) is 47.8 Å². The normalized spacial score (nSPS) is 15.2. The maximum Gasteiger partial charge on any atom is 0.327 e. The fourth-order valence-corrected chi connectivity index (χ4v) is 4.12. The van der Waals surface area contributed by atoms with Crippen LogP contribution in [0.15, 0.2) is 30.6 Å². The first-order valence-corrected chi connectivity index (χ1v) is 10.2. The Morgan fingerprint density at radius 1 is 1.28 bits per heavy atom. The fraction of sp³-hybridized carbons (Fsp3) is 0.333. The molecule has 2 aliphatic rings. The highest BCUT2D eigenvalue weighted by molar-refractivity contribution is 6.04. The molecule has 2 aliphatic heterocycles. The summed E-state index contributed by atoms with van der Waals surface area (Å²) in [5, 5.41) is 17.9. The molecule has 0 radical (unpaired) electrons. The summed E-state index contributed by atoms with van der Waals surface area (Å²) in [6.45, 7) is 4.01. The minimum absolute atomic E-state index is 0.141. The summed E-state index contributed by atoms with van der Waals surface area (Å²) in [6.07, 6.45) is 4.26. The third kappa shape index (κ3) is 4.19. The lowest BCUT2D eigenvalue weighted by atomic mass is 10.1. The highest BCUT2D eigenvalue weighted by Gasteiger charge is 2.30. The molecule has 0 atom stereocenters. The van der Waals surface area contributed by atoms with E-state index in [0.29, 0.717) is 17.9 Å². The Kier molecular flexibility index (Phi) is 6.17. The average molecular weight is 441 g/mol. The highest BCUT2D eigenvalue weighted by atomic mass is 19.1. The molecule has 2 aromatic heterocycles. The molecule has 5 rings (SSSR count). The molecule has 0 saturated carbocycles. The molecule has 32 heavy (non-hydrogen) atoms. The second-order valence-corrected chi connectivity index (χ2v) is 7.50. The quantitative estimate of drug-likeness (QED) is 0.520. The van der Waals surface area contributed by atoms with E-state index in [1.807, 2.05) is 6.07 Å². The van der Waals surface area contributed by atoms with E-state index < -0.39 is 5.82 Å². The van der Waals surface area contributed by atoms with E-state index in [0.717, 1.165) is 49.2 Å². The minimum Gasteiger partial charge on any atom is -0.483 e. The molecule has 2 amide bonds. The first-order valence-electron chi connectivity index (χ1n) is 10.2. The Bertz CT molecular complexity index is 1140. The molecule has 3 N–H and O–H groups in total. The van der Waals surface area contributed by atoms with E-state index in [4.69, 9.17) is 9.90 Å². The number of amides is 2. The maximum atomic E-state index is 14.5. The Hall–Kier alpha value is -3.73. The van der Waals surface area contributed by atoms with Crippen molar-refractivity contribution in [3.63, 3.8) is 0 Å². The fourth-order valence-electron chi connectivity index (χ4n) is 4.12. The zero-order valence-corrected chi connectivity index (χ0v) is 17.6. The van der Waals surface area contributed by atoms with Gasteiger partial charge in [0.2, 0.25) is 0 Å². The molecule has 1 aromatic carbocycles. The number of piperazine rings is 1. The van der Waals surface area contributed by atoms with Gasteiger partial charge in [0.15, 0.2) is 0 Å². The lowest BCUT2D eigenvalue weighted by Gasteiger charge is -2.31. The highest BCUT2D eigenvalue weighted by Crippen LogP contribution is 2.34. The number of carbonyl (C=O) groups excluding carboxylic acids is 1. The number of benzene rings is 1. The number of carboxylic acid groups (broad SMARTS) is 1. The van der Waals surface area contributed by atoms with Gasteiger partial charge in [-0.15, -0.1) is 0 Å². The summed E-state index contributed by atoms with van der Waals surface area (Å²) in [4.78, 5) is 29.7. The van der Waals surface area contributed by atoms with Gasteiger partial charge in [-0.05, 0) is 18.6 Å². The standard InChI is InChI=1S/C20H22FN7O.CH2O2/c1-26-12-13-10-17(15(21)11-16(13)25-26)24-20(29)28-7-3-14-18(2-4-23-19(14)28)27-8-5-22-6-9-27;2-1-3/h2,4,10-12,22H,3,5-9H2,1H3,(H,24,29);1H,(H,2,3). The third-order valence-corrected chi connectivity index (χ3v) is 5.50. The largest absolute Gasteiger partial charge is 0.483 e. The van der Waals surface area contributed by atoms with Crippen molar-refractivity contribution in [1.29, 1.82) is 0 Å². The number of carbonyl (C=O) groups is 2. The molecule has 10 nitrogen and oxygen atoms in total. The van der Waals surface area contributed by atoms with E-state index in [2.05, 4.69) is 25.6 Å². The number of pyridine rings is 1. The van der Waals surface area contributed by atoms with Crippen molar-refractivity contribution in [3.05, 3.63) is 42.0 Å². The summed E-state index contributed by atoms with van der Waals surface area (Å²) in [5.74, 6) is 0.146. The van der Waals surface area contributed by atoms with E-state index in [9.17, 15) is 9.18 Å². The van der Waals surface area contributed by atoms with Crippen LogP contribution in [0, 0.1) is 5.82 Å². The number of fused-ring (bicyclic) bond motifs is 2. The van der Waals surface area contributed by atoms with Gasteiger partial charge in [0.05, 0.1) is 11.2 Å². The zero-order valence-electron chi connectivity index (χ0n) is 17.6. The second kappa shape index (κ2) is 9.18. The van der Waals surface area contributed by atoms with Crippen molar-refractivity contribution >= 4 is 40.6 Å². The van der Waals surface area contributed by atoms with Crippen LogP contribution in [0.3, 0.4) is 0 Å². The Labute approximate surface area is 183 Å². The summed E-state index contributed by atoms with van der Waals surface area (Å²) in [6, 6.07) is 4.58. The molecular weight excluding hydrogens is 417 g/mol. The Morgan fingerprint density at radius 3 is 2.78 bits per heavy atom. The summed E-state index contributed by atoms with van der Waals surface area (Å²) in [5.41, 5.74) is 2.90. The van der Waals surface area contributed by atoms with Crippen LogP contribution in [-0.4, -0.2) is 65.1 Å². The number of hydrogen-bond donors (Lipinski definition) is 3. The SMILES string of the molecule is Cn1cc2cc(NC(=O)N3CCc4c(N5CCNCC5)ccnc43)c(F)cc2n1.O=CO. The monoisotopic (exact) mass is 441 g/mol. The van der Waals surface area contributed by atoms with Crippen LogP contribution in [0.25, 0.3) is 10.9 Å². The molecule has 1 fully saturated rings. The number of nitrogens with one attached hydrogen (secondary N) is 2. The van der Waals surface area contributed by atoms with E-state index >= 15 is 0 Å². The van der Waals surface area contributed by atoms with Crippen LogP contribution in [0.1, 0.15) is 5.56 Å². The number of urea groups is 1. The van der Waals surface area contributed by atoms with Crippen LogP contribution in [-0.2, 0) is 18.3 Å². The van der Waals surface area contributed by atoms with Gasteiger partial charge in [-0.2, -0.15) is 5.10 Å². The number of aryl methyl sites for hydroxylation is 1. The first kappa shape index (κ1) is 21.5. The van der Waals surface area contributed by atoms with E-state index in [1.54, 1.807) is 35.1 Å². The van der Waals surface area contributed by atoms with Gasteiger partial charge in [0.1, 0.15) is 11.6 Å². The number of hydrogen-bond acceptors (Lipinski definition) is 6. The molecule has 4 heterocycles. The lowest BCUT2D eigenvalue weighted by molar-refractivity contribution is -0.122. The topological polar surface area (TPSA) is 116 Å². The number of rotatable bonds is 2. The van der Waals surface area contributed by atoms with Crippen LogP contribution >= 0.6 is 0 Å². The van der Waals surface area contributed by atoms with Crippen LogP contribution in [0.4, 0.5) is 26.4 Å². The van der Waals surface area contributed by atoms with Crippen LogP contribution in [0.2, 0.25) is 0 Å². The van der Waals surface area contributed by atoms with Crippen molar-refractivity contribution in [2.24, 2.45) is 7.05 Å². The van der Waals surface area contributed by atoms with Crippen molar-refractivity contribution in [1.82, 2.24) is 20.1 Å². The molecule has 0 bridgehead atoms. The second-order valence-electron chi connectivity index (χ2n) is 7.50. The minimum atomic E-state index is -0.508. The van der Waals surface area contributed by atoms with Gasteiger partial charge < -0.3 is 20.6 Å². The van der Waals surface area contributed by atoms with Crippen molar-refractivity contribution in [3.8, 4) is 0 Å². The predicted octanol–water partition coefficient (Wildman–Crippen LogP) is 1.81.